The topological polar surface area (TPSA) is 91.2 Å². The maximum atomic E-state index is 12.8. The first-order valence-electron chi connectivity index (χ1n) is 8.70. The molecule has 0 N–H and O–H groups in total. The Balaban J connectivity index is 1.54. The number of rotatable bonds is 6. The van der Waals surface area contributed by atoms with E-state index in [0.717, 1.165) is 4.88 Å². The summed E-state index contributed by atoms with van der Waals surface area (Å²) in [5.41, 5.74) is 1.45. The summed E-state index contributed by atoms with van der Waals surface area (Å²) in [6, 6.07) is 7.39. The van der Waals surface area contributed by atoms with Crippen LogP contribution in [-0.4, -0.2) is 27.2 Å². The molecule has 0 fully saturated rings. The van der Waals surface area contributed by atoms with Gasteiger partial charge in [0, 0.05) is 0 Å². The van der Waals surface area contributed by atoms with Crippen molar-refractivity contribution in [3.8, 4) is 22.4 Å². The zero-order chi connectivity index (χ0) is 20.4. The van der Waals surface area contributed by atoms with Crippen LogP contribution in [0.1, 0.15) is 27.5 Å². The fraction of sp³-hybridized carbons (Fsp3) is 0.200. The van der Waals surface area contributed by atoms with Gasteiger partial charge < -0.3 is 13.6 Å². The van der Waals surface area contributed by atoms with E-state index < -0.39 is 5.97 Å². The highest BCUT2D eigenvalue weighted by molar-refractivity contribution is 7.98. The number of thioether (sulfide) groups is 1. The Kier molecular flexibility index (Phi) is 5.50. The van der Waals surface area contributed by atoms with E-state index in [0.29, 0.717) is 45.2 Å². The molecule has 0 spiro atoms. The highest BCUT2D eigenvalue weighted by Gasteiger charge is 2.22. The summed E-state index contributed by atoms with van der Waals surface area (Å²) < 4.78 is 16.6. The molecule has 4 aromatic rings. The van der Waals surface area contributed by atoms with E-state index in [-0.39, 0.29) is 6.61 Å². The average molecular weight is 428 g/mol. The molecule has 0 saturated heterocycles. The van der Waals surface area contributed by atoms with Crippen LogP contribution in [0.4, 0.5) is 0 Å². The van der Waals surface area contributed by atoms with Gasteiger partial charge in [0.05, 0.1) is 16.8 Å². The number of thiophene rings is 1. The van der Waals surface area contributed by atoms with Crippen molar-refractivity contribution in [2.45, 2.75) is 25.5 Å². The van der Waals surface area contributed by atoms with Gasteiger partial charge >= 0.3 is 5.97 Å². The Labute approximate surface area is 175 Å². The summed E-state index contributed by atoms with van der Waals surface area (Å²) in [5, 5.41) is 2.48. The number of carbonyl (C=O) groups is 1. The molecule has 4 aromatic heterocycles. The molecule has 0 unspecified atom stereocenters. The molecule has 0 bridgehead atoms. The van der Waals surface area contributed by atoms with Crippen LogP contribution in [0, 0.1) is 13.8 Å². The van der Waals surface area contributed by atoms with Gasteiger partial charge in [-0.05, 0) is 43.7 Å². The van der Waals surface area contributed by atoms with E-state index in [1.807, 2.05) is 23.8 Å². The highest BCUT2D eigenvalue weighted by Crippen LogP contribution is 2.28. The maximum Gasteiger partial charge on any atom is 0.343 e. The van der Waals surface area contributed by atoms with E-state index in [1.165, 1.54) is 23.1 Å². The predicted molar refractivity (Wildman–Crippen MR) is 110 cm³/mol. The van der Waals surface area contributed by atoms with Crippen molar-refractivity contribution in [1.29, 1.82) is 0 Å². The molecule has 4 rings (SSSR count). The zero-order valence-electron chi connectivity index (χ0n) is 16.0. The lowest BCUT2D eigenvalue weighted by Crippen LogP contribution is -2.12. The van der Waals surface area contributed by atoms with Gasteiger partial charge in [-0.2, -0.15) is 0 Å². The Morgan fingerprint density at radius 3 is 2.76 bits per heavy atom. The van der Waals surface area contributed by atoms with Crippen molar-refractivity contribution in [3.05, 3.63) is 58.6 Å². The van der Waals surface area contributed by atoms with Crippen molar-refractivity contribution in [2.75, 3.05) is 6.26 Å². The van der Waals surface area contributed by atoms with Crippen LogP contribution in [0.5, 0.6) is 0 Å². The van der Waals surface area contributed by atoms with Gasteiger partial charge in [-0.25, -0.2) is 19.7 Å². The molecule has 0 aliphatic carbocycles. The van der Waals surface area contributed by atoms with E-state index >= 15 is 0 Å². The maximum absolute atomic E-state index is 12.8. The van der Waals surface area contributed by atoms with Crippen LogP contribution in [0.15, 0.2) is 49.8 Å². The number of hydrogen-bond acceptors (Lipinski definition) is 9. The quantitative estimate of drug-likeness (QED) is 0.237. The van der Waals surface area contributed by atoms with E-state index in [4.69, 9.17) is 13.6 Å². The van der Waals surface area contributed by atoms with Gasteiger partial charge in [-0.1, -0.05) is 6.07 Å². The Morgan fingerprint density at radius 1 is 1.21 bits per heavy atom. The number of hydrogen-bond donors (Lipinski definition) is 0. The summed E-state index contributed by atoms with van der Waals surface area (Å²) in [6.07, 6.45) is 3.40. The summed E-state index contributed by atoms with van der Waals surface area (Å²) in [4.78, 5) is 27.0. The van der Waals surface area contributed by atoms with E-state index in [1.54, 1.807) is 32.2 Å². The lowest BCUT2D eigenvalue weighted by molar-refractivity contribution is 0.0460. The SMILES string of the molecule is CSc1nc(-c2ccco2)nc(C)c1C(=O)OCc1nc(-c2cccs2)oc1C. The fourth-order valence-corrected chi connectivity index (χ4v) is 3.98. The third-order valence-electron chi connectivity index (χ3n) is 4.16. The number of ether oxygens (including phenoxy) is 1. The molecule has 148 valence electrons. The summed E-state index contributed by atoms with van der Waals surface area (Å²) in [6.45, 7) is 3.56. The highest BCUT2D eigenvalue weighted by atomic mass is 32.2. The van der Waals surface area contributed by atoms with E-state index in [2.05, 4.69) is 15.0 Å². The second-order valence-electron chi connectivity index (χ2n) is 6.07. The third-order valence-corrected chi connectivity index (χ3v) is 5.70. The van der Waals surface area contributed by atoms with Gasteiger partial charge in [0.2, 0.25) is 5.89 Å². The van der Waals surface area contributed by atoms with Crippen molar-refractivity contribution < 1.29 is 18.4 Å². The number of carbonyl (C=O) groups excluding carboxylic acids is 1. The van der Waals surface area contributed by atoms with Crippen molar-refractivity contribution in [3.63, 3.8) is 0 Å². The number of oxazole rings is 1. The van der Waals surface area contributed by atoms with Gasteiger partial charge in [0.25, 0.3) is 0 Å². The minimum atomic E-state index is -0.502. The largest absolute Gasteiger partial charge is 0.461 e. The van der Waals surface area contributed by atoms with Crippen LogP contribution in [0.2, 0.25) is 0 Å². The summed E-state index contributed by atoms with van der Waals surface area (Å²) in [5.74, 6) is 1.62. The normalized spacial score (nSPS) is 11.0. The standard InChI is InChI=1S/C20H17N3O4S2/c1-11-16(19(28-3)23-17(21-11)14-6-4-8-25-14)20(24)26-10-13-12(2)27-18(22-13)15-7-5-9-29-15/h4-9H,10H2,1-3H3. The van der Waals surface area contributed by atoms with E-state index in [9.17, 15) is 4.79 Å². The lowest BCUT2D eigenvalue weighted by Gasteiger charge is -2.10. The molecule has 4 heterocycles. The summed E-state index contributed by atoms with van der Waals surface area (Å²) >= 11 is 2.89. The van der Waals surface area contributed by atoms with Crippen LogP contribution in [0.3, 0.4) is 0 Å². The zero-order valence-corrected chi connectivity index (χ0v) is 17.6. The number of aromatic nitrogens is 3. The number of aryl methyl sites for hydroxylation is 2. The number of furan rings is 1. The second kappa shape index (κ2) is 8.22. The molecule has 0 aliphatic heterocycles. The van der Waals surface area contributed by atoms with Gasteiger partial charge in [-0.3, -0.25) is 0 Å². The van der Waals surface area contributed by atoms with Crippen LogP contribution >= 0.6 is 23.1 Å². The monoisotopic (exact) mass is 427 g/mol. The van der Waals surface area contributed by atoms with Gasteiger partial charge in [0.1, 0.15) is 28.7 Å². The second-order valence-corrected chi connectivity index (χ2v) is 7.81. The minimum absolute atomic E-state index is 0.00668. The first-order chi connectivity index (χ1) is 14.1. The number of nitrogens with zero attached hydrogens (tertiary/aromatic N) is 3. The molecular formula is C20H17N3O4S2. The fourth-order valence-electron chi connectivity index (χ4n) is 2.72. The lowest BCUT2D eigenvalue weighted by atomic mass is 10.2. The third kappa shape index (κ3) is 3.96. The van der Waals surface area contributed by atoms with Crippen LogP contribution in [0.25, 0.3) is 22.4 Å². The molecule has 0 aliphatic rings. The molecule has 7 nitrogen and oxygen atoms in total. The van der Waals surface area contributed by atoms with Gasteiger partial charge in [-0.15, -0.1) is 23.1 Å². The molecule has 9 heteroatoms. The average Bonchev–Trinajstić information content (AvgIpc) is 3.46. The molecule has 0 aromatic carbocycles. The molecule has 29 heavy (non-hydrogen) atoms. The van der Waals surface area contributed by atoms with Crippen molar-refractivity contribution in [2.24, 2.45) is 0 Å². The van der Waals surface area contributed by atoms with Gasteiger partial charge in [0.15, 0.2) is 11.6 Å². The Morgan fingerprint density at radius 2 is 2.07 bits per heavy atom. The Hall–Kier alpha value is -2.91. The molecule has 0 radical (unpaired) electrons. The summed E-state index contributed by atoms with van der Waals surface area (Å²) in [7, 11) is 0. The number of esters is 1. The minimum Gasteiger partial charge on any atom is -0.461 e. The van der Waals surface area contributed by atoms with Crippen LogP contribution in [-0.2, 0) is 11.3 Å². The molecule has 0 atom stereocenters. The van der Waals surface area contributed by atoms with Crippen molar-refractivity contribution in [1.82, 2.24) is 15.0 Å². The molecule has 0 saturated carbocycles. The first-order valence-corrected chi connectivity index (χ1v) is 10.8. The van der Waals surface area contributed by atoms with Crippen molar-refractivity contribution >= 4 is 29.1 Å². The smallest absolute Gasteiger partial charge is 0.343 e. The first kappa shape index (κ1) is 19.4. The molecule has 0 amide bonds. The molecular weight excluding hydrogens is 410 g/mol. The van der Waals surface area contributed by atoms with Crippen LogP contribution < -0.4 is 0 Å². The Bertz CT molecular complexity index is 1140. The predicted octanol–water partition coefficient (Wildman–Crippen LogP) is 5.15.